The smallest absolute Gasteiger partial charge is 0.255 e. The lowest BCUT2D eigenvalue weighted by Gasteiger charge is -2.25. The fourth-order valence-electron chi connectivity index (χ4n) is 3.88. The number of rotatable bonds is 4. The summed E-state index contributed by atoms with van der Waals surface area (Å²) in [4.78, 5) is 18.6. The molecule has 0 bridgehead atoms. The maximum absolute atomic E-state index is 12.6. The molecule has 4 aromatic rings. The summed E-state index contributed by atoms with van der Waals surface area (Å²) in [5.74, 6) is 1.19. The van der Waals surface area contributed by atoms with Crippen molar-refractivity contribution in [1.29, 1.82) is 10.8 Å². The molecule has 5 rings (SSSR count). The van der Waals surface area contributed by atoms with Crippen molar-refractivity contribution in [2.45, 2.75) is 0 Å². The summed E-state index contributed by atoms with van der Waals surface area (Å²) < 4.78 is 5.19. The Morgan fingerprint density at radius 3 is 2.57 bits per heavy atom. The molecule has 0 fully saturated rings. The summed E-state index contributed by atoms with van der Waals surface area (Å²) in [5.41, 5.74) is 3.68. The summed E-state index contributed by atoms with van der Waals surface area (Å²) >= 11 is 0. The Morgan fingerprint density at radius 1 is 0.971 bits per heavy atom. The largest absolute Gasteiger partial charge is 0.497 e. The van der Waals surface area contributed by atoms with Crippen molar-refractivity contribution >= 4 is 40.5 Å². The van der Waals surface area contributed by atoms with Crippen LogP contribution in [0.2, 0.25) is 0 Å². The van der Waals surface area contributed by atoms with Gasteiger partial charge in [0.15, 0.2) is 5.82 Å². The van der Waals surface area contributed by atoms with Crippen molar-refractivity contribution in [3.63, 3.8) is 0 Å². The van der Waals surface area contributed by atoms with E-state index in [1.54, 1.807) is 72.8 Å². The maximum atomic E-state index is 12.6. The average molecular weight is 463 g/mol. The van der Waals surface area contributed by atoms with Crippen LogP contribution in [0.3, 0.4) is 0 Å². The predicted octanol–water partition coefficient (Wildman–Crippen LogP) is 5.26. The van der Waals surface area contributed by atoms with Gasteiger partial charge in [-0.05, 0) is 66.7 Å². The summed E-state index contributed by atoms with van der Waals surface area (Å²) in [5, 5.41) is 24.0. The lowest BCUT2D eigenvalue weighted by molar-refractivity contribution is 0.102. The number of amidine groups is 2. The normalized spacial score (nSPS) is 12.0. The third-order valence-corrected chi connectivity index (χ3v) is 5.66. The van der Waals surface area contributed by atoms with E-state index in [1.165, 1.54) is 0 Å². The van der Waals surface area contributed by atoms with Crippen LogP contribution in [0.25, 0.3) is 0 Å². The van der Waals surface area contributed by atoms with E-state index < -0.39 is 0 Å². The van der Waals surface area contributed by atoms with Crippen molar-refractivity contribution < 1.29 is 9.53 Å². The fourth-order valence-corrected chi connectivity index (χ4v) is 3.88. The number of anilines is 4. The first-order chi connectivity index (χ1) is 17.0. The molecule has 0 spiro atoms. The van der Waals surface area contributed by atoms with Gasteiger partial charge in [0.05, 0.1) is 18.5 Å². The first-order valence-corrected chi connectivity index (χ1v) is 10.9. The Morgan fingerprint density at radius 2 is 1.77 bits per heavy atom. The van der Waals surface area contributed by atoms with E-state index in [2.05, 4.69) is 15.6 Å². The topological polar surface area (TPSA) is 114 Å². The quantitative estimate of drug-likeness (QED) is 0.244. The van der Waals surface area contributed by atoms with Crippen LogP contribution in [0.1, 0.15) is 21.5 Å². The van der Waals surface area contributed by atoms with Crippen LogP contribution in [0.15, 0.2) is 91.1 Å². The lowest BCUT2D eigenvalue weighted by atomic mass is 10.1. The highest BCUT2D eigenvalue weighted by Crippen LogP contribution is 2.34. The third-order valence-electron chi connectivity index (χ3n) is 5.66. The molecule has 3 aromatic carbocycles. The van der Waals surface area contributed by atoms with Gasteiger partial charge in [0.2, 0.25) is 0 Å². The molecule has 0 aliphatic carbocycles. The van der Waals surface area contributed by atoms with E-state index in [-0.39, 0.29) is 17.6 Å². The number of para-hydroxylation sites is 1. The molecule has 1 amide bonds. The van der Waals surface area contributed by atoms with Gasteiger partial charge in [0, 0.05) is 28.6 Å². The molecular formula is C27H22N6O2. The summed E-state index contributed by atoms with van der Waals surface area (Å²) in [6.45, 7) is 0. The van der Waals surface area contributed by atoms with Crippen LogP contribution in [0.4, 0.5) is 22.9 Å². The Kier molecular flexibility index (Phi) is 5.68. The van der Waals surface area contributed by atoms with Crippen molar-refractivity contribution in [3.05, 3.63) is 108 Å². The molecule has 35 heavy (non-hydrogen) atoms. The van der Waals surface area contributed by atoms with E-state index in [0.717, 1.165) is 5.69 Å². The van der Waals surface area contributed by atoms with Crippen molar-refractivity contribution in [3.8, 4) is 5.75 Å². The second-order valence-electron chi connectivity index (χ2n) is 7.84. The van der Waals surface area contributed by atoms with Gasteiger partial charge < -0.3 is 15.4 Å². The molecule has 0 saturated heterocycles. The highest BCUT2D eigenvalue weighted by atomic mass is 16.5. The monoisotopic (exact) mass is 462 g/mol. The number of benzene rings is 3. The Balaban J connectivity index is 1.42. The van der Waals surface area contributed by atoms with Crippen LogP contribution in [0.5, 0.6) is 5.75 Å². The Labute approximate surface area is 202 Å². The number of nitrogens with one attached hydrogen (secondary N) is 4. The van der Waals surface area contributed by atoms with Crippen LogP contribution < -0.4 is 20.3 Å². The molecular weight excluding hydrogens is 440 g/mol. The molecule has 0 atom stereocenters. The Hall–Kier alpha value is -4.98. The fraction of sp³-hybridized carbons (Fsp3) is 0.0370. The van der Waals surface area contributed by atoms with Crippen molar-refractivity contribution in [1.82, 2.24) is 4.98 Å². The van der Waals surface area contributed by atoms with E-state index in [0.29, 0.717) is 39.6 Å². The number of aromatic nitrogens is 1. The highest BCUT2D eigenvalue weighted by Gasteiger charge is 2.28. The first-order valence-electron chi connectivity index (χ1n) is 10.9. The minimum absolute atomic E-state index is 0.119. The summed E-state index contributed by atoms with van der Waals surface area (Å²) in [7, 11) is 1.55. The van der Waals surface area contributed by atoms with Gasteiger partial charge in [-0.3, -0.25) is 20.5 Å². The molecule has 8 heteroatoms. The van der Waals surface area contributed by atoms with Gasteiger partial charge in [0.25, 0.3) is 5.91 Å². The van der Waals surface area contributed by atoms with E-state index in [9.17, 15) is 4.79 Å². The number of hydrogen-bond acceptors (Lipinski definition) is 6. The molecule has 4 N–H and O–H groups in total. The zero-order valence-corrected chi connectivity index (χ0v) is 18.9. The maximum Gasteiger partial charge on any atom is 0.255 e. The minimum atomic E-state index is -0.260. The van der Waals surface area contributed by atoms with Crippen LogP contribution in [-0.4, -0.2) is 29.7 Å². The number of carbonyl (C=O) groups is 1. The molecule has 1 aliphatic heterocycles. The zero-order valence-electron chi connectivity index (χ0n) is 18.9. The summed E-state index contributed by atoms with van der Waals surface area (Å²) in [6, 6.07) is 25.0. The summed E-state index contributed by atoms with van der Waals surface area (Å²) in [6.07, 6.45) is 1.67. The number of hydrogen-bond donors (Lipinski definition) is 4. The number of nitrogens with zero attached hydrogens (tertiary/aromatic N) is 2. The standard InChI is InChI=1S/C27H22N6O2/c1-35-20-7-4-6-18(16-20)27(34)31-19-13-11-17(12-14-19)24(28)33-23-10-5-15-30-26(23)32-22-9-3-2-8-21(22)25(33)29/h2-16,28-29H,1H3,(H,30,32)(H,31,34). The number of methoxy groups -OCH3 is 1. The van der Waals surface area contributed by atoms with Gasteiger partial charge in [-0.25, -0.2) is 4.98 Å². The van der Waals surface area contributed by atoms with Crippen LogP contribution >= 0.6 is 0 Å². The second kappa shape index (κ2) is 9.11. The number of pyridine rings is 1. The van der Waals surface area contributed by atoms with E-state index in [1.807, 2.05) is 30.3 Å². The highest BCUT2D eigenvalue weighted by molar-refractivity contribution is 6.30. The van der Waals surface area contributed by atoms with Crippen molar-refractivity contribution in [2.24, 2.45) is 0 Å². The van der Waals surface area contributed by atoms with Gasteiger partial charge in [-0.2, -0.15) is 0 Å². The van der Waals surface area contributed by atoms with E-state index in [4.69, 9.17) is 15.6 Å². The lowest BCUT2D eigenvalue weighted by Crippen LogP contribution is -2.36. The van der Waals surface area contributed by atoms with Gasteiger partial charge >= 0.3 is 0 Å². The SMILES string of the molecule is COc1cccc(C(=O)Nc2ccc(C(=N)N3C(=N)c4ccccc4Nc4ncccc43)cc2)c1. The number of ether oxygens (including phenoxy) is 1. The zero-order chi connectivity index (χ0) is 24.4. The van der Waals surface area contributed by atoms with Gasteiger partial charge in [0.1, 0.15) is 17.4 Å². The van der Waals surface area contributed by atoms with Crippen molar-refractivity contribution in [2.75, 3.05) is 22.6 Å². The van der Waals surface area contributed by atoms with Crippen LogP contribution in [0, 0.1) is 10.8 Å². The second-order valence-corrected chi connectivity index (χ2v) is 7.84. The molecule has 172 valence electrons. The number of carbonyl (C=O) groups excluding carboxylic acids is 1. The van der Waals surface area contributed by atoms with Gasteiger partial charge in [-0.15, -0.1) is 0 Å². The number of amides is 1. The third kappa shape index (κ3) is 4.20. The predicted molar refractivity (Wildman–Crippen MR) is 137 cm³/mol. The molecule has 0 radical (unpaired) electrons. The number of fused-ring (bicyclic) bond motifs is 2. The first kappa shape index (κ1) is 21.8. The van der Waals surface area contributed by atoms with Gasteiger partial charge in [-0.1, -0.05) is 18.2 Å². The molecule has 0 unspecified atom stereocenters. The van der Waals surface area contributed by atoms with E-state index >= 15 is 0 Å². The molecule has 1 aromatic heterocycles. The molecule has 8 nitrogen and oxygen atoms in total. The molecule has 0 saturated carbocycles. The Bertz CT molecular complexity index is 1450. The molecule has 2 heterocycles. The van der Waals surface area contributed by atoms with Crippen LogP contribution in [-0.2, 0) is 0 Å². The minimum Gasteiger partial charge on any atom is -0.497 e. The molecule has 1 aliphatic rings. The average Bonchev–Trinajstić information content (AvgIpc) is 3.02.